The molecule has 19 heavy (non-hydrogen) atoms. The molecule has 0 bridgehead atoms. The Morgan fingerprint density at radius 1 is 1.21 bits per heavy atom. The van der Waals surface area contributed by atoms with Crippen LogP contribution >= 0.6 is 15.9 Å². The van der Waals surface area contributed by atoms with Crippen LogP contribution in [0.2, 0.25) is 0 Å². The second-order valence-electron chi connectivity index (χ2n) is 3.64. The van der Waals surface area contributed by atoms with Crippen molar-refractivity contribution in [2.24, 2.45) is 0 Å². The van der Waals surface area contributed by atoms with Crippen molar-refractivity contribution in [2.75, 3.05) is 34.2 Å². The fraction of sp³-hybridized carbons (Fsp3) is 0.462. The number of rotatable bonds is 8. The Morgan fingerprint density at radius 2 is 1.89 bits per heavy atom. The van der Waals surface area contributed by atoms with E-state index in [2.05, 4.69) is 15.9 Å². The van der Waals surface area contributed by atoms with Gasteiger partial charge in [0.05, 0.1) is 20.3 Å². The maximum absolute atomic E-state index is 11.7. The predicted molar refractivity (Wildman–Crippen MR) is 72.7 cm³/mol. The molecule has 0 radical (unpaired) electrons. The Labute approximate surface area is 120 Å². The second-order valence-corrected chi connectivity index (χ2v) is 4.56. The number of methoxy groups -OCH3 is 2. The fourth-order valence-electron chi connectivity index (χ4n) is 1.36. The second kappa shape index (κ2) is 9.03. The zero-order chi connectivity index (χ0) is 14.1. The molecule has 0 N–H and O–H groups in total. The lowest BCUT2D eigenvalue weighted by Gasteiger charge is -2.16. The minimum absolute atomic E-state index is 0.000803. The molecule has 1 rings (SSSR count). The van der Waals surface area contributed by atoms with Gasteiger partial charge in [0.15, 0.2) is 6.10 Å². The lowest BCUT2D eigenvalue weighted by atomic mass is 10.1. The van der Waals surface area contributed by atoms with Crippen molar-refractivity contribution in [3.63, 3.8) is 0 Å². The summed E-state index contributed by atoms with van der Waals surface area (Å²) in [6.45, 7) is 0.883. The van der Waals surface area contributed by atoms with Gasteiger partial charge < -0.3 is 18.9 Å². The lowest BCUT2D eigenvalue weighted by molar-refractivity contribution is -0.166. The van der Waals surface area contributed by atoms with Crippen molar-refractivity contribution in [1.82, 2.24) is 0 Å². The minimum Gasteiger partial charge on any atom is -0.467 e. The van der Waals surface area contributed by atoms with Crippen LogP contribution in [-0.4, -0.2) is 40.2 Å². The van der Waals surface area contributed by atoms with E-state index in [1.54, 1.807) is 19.2 Å². The molecule has 1 atom stereocenters. The van der Waals surface area contributed by atoms with E-state index in [4.69, 9.17) is 18.9 Å². The molecule has 0 amide bonds. The molecule has 0 heterocycles. The van der Waals surface area contributed by atoms with Gasteiger partial charge in [0.25, 0.3) is 0 Å². The predicted octanol–water partition coefficient (Wildman–Crippen LogP) is 2.30. The van der Waals surface area contributed by atoms with Crippen LogP contribution in [0.5, 0.6) is 0 Å². The topological polar surface area (TPSA) is 54.0 Å². The van der Waals surface area contributed by atoms with Crippen molar-refractivity contribution >= 4 is 21.9 Å². The standard InChI is InChI=1S/C13H17BrO5/c1-16-7-8-18-9-19-12(13(15)17-2)10-3-5-11(14)6-4-10/h3-6,12H,7-9H2,1-2H3. The van der Waals surface area contributed by atoms with E-state index in [1.807, 2.05) is 12.1 Å². The maximum Gasteiger partial charge on any atom is 0.339 e. The summed E-state index contributed by atoms with van der Waals surface area (Å²) in [5.74, 6) is -0.460. The van der Waals surface area contributed by atoms with Gasteiger partial charge in [0, 0.05) is 11.6 Å². The van der Waals surface area contributed by atoms with Gasteiger partial charge in [-0.1, -0.05) is 28.1 Å². The number of carbonyl (C=O) groups is 1. The first-order valence-electron chi connectivity index (χ1n) is 5.70. The average Bonchev–Trinajstić information content (AvgIpc) is 2.43. The van der Waals surface area contributed by atoms with Gasteiger partial charge >= 0.3 is 5.97 Å². The van der Waals surface area contributed by atoms with Crippen molar-refractivity contribution in [3.05, 3.63) is 34.3 Å². The van der Waals surface area contributed by atoms with Crippen molar-refractivity contribution in [2.45, 2.75) is 6.10 Å². The van der Waals surface area contributed by atoms with Crippen LogP contribution in [0.4, 0.5) is 0 Å². The molecule has 6 heteroatoms. The molecule has 0 fully saturated rings. The van der Waals surface area contributed by atoms with Crippen molar-refractivity contribution < 1.29 is 23.7 Å². The molecule has 0 saturated heterocycles. The van der Waals surface area contributed by atoms with E-state index < -0.39 is 12.1 Å². The molecule has 0 saturated carbocycles. The van der Waals surface area contributed by atoms with Gasteiger partial charge in [-0.3, -0.25) is 0 Å². The summed E-state index contributed by atoms with van der Waals surface area (Å²) in [5.41, 5.74) is 0.713. The minimum atomic E-state index is -0.791. The first kappa shape index (κ1) is 16.1. The van der Waals surface area contributed by atoms with E-state index in [1.165, 1.54) is 7.11 Å². The number of halogens is 1. The summed E-state index contributed by atoms with van der Waals surface area (Å²) in [7, 11) is 2.91. The molecule has 0 aromatic heterocycles. The smallest absolute Gasteiger partial charge is 0.339 e. The Bertz CT molecular complexity index is 379. The number of carbonyl (C=O) groups excluding carboxylic acids is 1. The number of ether oxygens (including phenoxy) is 4. The largest absolute Gasteiger partial charge is 0.467 e. The molecular weight excluding hydrogens is 316 g/mol. The molecule has 0 aliphatic carbocycles. The van der Waals surface area contributed by atoms with E-state index in [0.717, 1.165) is 4.47 Å². The van der Waals surface area contributed by atoms with E-state index >= 15 is 0 Å². The number of hydrogen-bond donors (Lipinski definition) is 0. The molecule has 0 spiro atoms. The van der Waals surface area contributed by atoms with Gasteiger partial charge in [0.2, 0.25) is 0 Å². The molecule has 1 aromatic rings. The molecule has 0 aliphatic heterocycles. The first-order chi connectivity index (χ1) is 9.19. The quantitative estimate of drug-likeness (QED) is 0.415. The SMILES string of the molecule is COCCOCOC(C(=O)OC)c1ccc(Br)cc1. The van der Waals surface area contributed by atoms with Crippen LogP contribution in [0.25, 0.3) is 0 Å². The van der Waals surface area contributed by atoms with Gasteiger partial charge in [0.1, 0.15) is 6.79 Å². The van der Waals surface area contributed by atoms with Crippen LogP contribution in [-0.2, 0) is 23.7 Å². The van der Waals surface area contributed by atoms with Crippen LogP contribution in [0.15, 0.2) is 28.7 Å². The third-order valence-electron chi connectivity index (χ3n) is 2.34. The molecule has 106 valence electrons. The highest BCUT2D eigenvalue weighted by Gasteiger charge is 2.22. The highest BCUT2D eigenvalue weighted by molar-refractivity contribution is 9.10. The third kappa shape index (κ3) is 5.69. The Kier molecular flexibility index (Phi) is 7.66. The average molecular weight is 333 g/mol. The summed E-state index contributed by atoms with van der Waals surface area (Å²) in [5, 5.41) is 0. The van der Waals surface area contributed by atoms with E-state index in [0.29, 0.717) is 18.8 Å². The monoisotopic (exact) mass is 332 g/mol. The van der Waals surface area contributed by atoms with Crippen LogP contribution in [0.1, 0.15) is 11.7 Å². The summed E-state index contributed by atoms with van der Waals surface area (Å²) in [6, 6.07) is 7.25. The number of esters is 1. The van der Waals surface area contributed by atoms with Crippen LogP contribution < -0.4 is 0 Å². The highest BCUT2D eigenvalue weighted by atomic mass is 79.9. The Hall–Kier alpha value is -0.950. The molecule has 0 aliphatic rings. The molecule has 1 unspecified atom stereocenters. The number of benzene rings is 1. The van der Waals surface area contributed by atoms with Gasteiger partial charge in [-0.05, 0) is 17.7 Å². The van der Waals surface area contributed by atoms with Crippen molar-refractivity contribution in [1.29, 1.82) is 0 Å². The first-order valence-corrected chi connectivity index (χ1v) is 6.50. The fourth-order valence-corrected chi connectivity index (χ4v) is 1.63. The zero-order valence-electron chi connectivity index (χ0n) is 10.9. The van der Waals surface area contributed by atoms with Crippen LogP contribution in [0.3, 0.4) is 0 Å². The zero-order valence-corrected chi connectivity index (χ0v) is 12.5. The summed E-state index contributed by atoms with van der Waals surface area (Å²) in [6.07, 6.45) is -0.791. The normalized spacial score (nSPS) is 12.2. The number of hydrogen-bond acceptors (Lipinski definition) is 5. The maximum atomic E-state index is 11.7. The van der Waals surface area contributed by atoms with Gasteiger partial charge in [-0.15, -0.1) is 0 Å². The van der Waals surface area contributed by atoms with E-state index in [9.17, 15) is 4.79 Å². The summed E-state index contributed by atoms with van der Waals surface area (Å²) in [4.78, 5) is 11.7. The van der Waals surface area contributed by atoms with E-state index in [-0.39, 0.29) is 6.79 Å². The Balaban J connectivity index is 2.57. The molecular formula is C13H17BrO5. The summed E-state index contributed by atoms with van der Waals surface area (Å²) >= 11 is 3.33. The molecule has 5 nitrogen and oxygen atoms in total. The van der Waals surface area contributed by atoms with Gasteiger partial charge in [-0.2, -0.15) is 0 Å². The van der Waals surface area contributed by atoms with Crippen molar-refractivity contribution in [3.8, 4) is 0 Å². The van der Waals surface area contributed by atoms with Gasteiger partial charge in [-0.25, -0.2) is 4.79 Å². The Morgan fingerprint density at radius 3 is 2.47 bits per heavy atom. The molecule has 1 aromatic carbocycles. The summed E-state index contributed by atoms with van der Waals surface area (Å²) < 4.78 is 21.1. The lowest BCUT2D eigenvalue weighted by Crippen LogP contribution is -2.19. The third-order valence-corrected chi connectivity index (χ3v) is 2.87. The highest BCUT2D eigenvalue weighted by Crippen LogP contribution is 2.21. The van der Waals surface area contributed by atoms with Crippen LogP contribution in [0, 0.1) is 0 Å².